The van der Waals surface area contributed by atoms with E-state index in [1.807, 2.05) is 0 Å². The maximum Gasteiger partial charge on any atom is 0.277 e. The highest BCUT2D eigenvalue weighted by Gasteiger charge is 2.30. The second kappa shape index (κ2) is 4.60. The maximum atomic E-state index is 11.6. The summed E-state index contributed by atoms with van der Waals surface area (Å²) in [5.74, 6) is 0. The lowest BCUT2D eigenvalue weighted by Crippen LogP contribution is -2.46. The van der Waals surface area contributed by atoms with Gasteiger partial charge in [0, 0.05) is 12.6 Å². The smallest absolute Gasteiger partial charge is 0.277 e. The Morgan fingerprint density at radius 1 is 1.31 bits per heavy atom. The number of hydrogen-bond donors (Lipinski definition) is 3. The van der Waals surface area contributed by atoms with E-state index < -0.39 is 10.2 Å². The van der Waals surface area contributed by atoms with E-state index in [0.29, 0.717) is 6.54 Å². The van der Waals surface area contributed by atoms with Crippen LogP contribution in [0.4, 0.5) is 0 Å². The molecular formula is C10H21N3O2S. The van der Waals surface area contributed by atoms with Crippen LogP contribution in [0.1, 0.15) is 32.6 Å². The molecule has 16 heavy (non-hydrogen) atoms. The summed E-state index contributed by atoms with van der Waals surface area (Å²) in [6.45, 7) is 4.65. The average Bonchev–Trinajstić information content (AvgIpc) is 3.00. The van der Waals surface area contributed by atoms with Gasteiger partial charge in [-0.25, -0.2) is 4.72 Å². The highest BCUT2D eigenvalue weighted by molar-refractivity contribution is 7.87. The molecule has 0 spiro atoms. The molecule has 0 unspecified atom stereocenters. The second-order valence-corrected chi connectivity index (χ2v) is 6.81. The van der Waals surface area contributed by atoms with E-state index in [0.717, 1.165) is 38.8 Å². The van der Waals surface area contributed by atoms with E-state index in [9.17, 15) is 8.42 Å². The fourth-order valence-corrected chi connectivity index (χ4v) is 3.23. The minimum Gasteiger partial charge on any atom is -0.317 e. The molecule has 1 aliphatic carbocycles. The Bertz CT molecular complexity index is 332. The third kappa shape index (κ3) is 3.69. The van der Waals surface area contributed by atoms with E-state index in [1.54, 1.807) is 0 Å². The third-order valence-electron chi connectivity index (χ3n) is 3.40. The molecule has 3 N–H and O–H groups in total. The van der Waals surface area contributed by atoms with Crippen molar-refractivity contribution < 1.29 is 8.42 Å². The van der Waals surface area contributed by atoms with Crippen LogP contribution in [0.5, 0.6) is 0 Å². The van der Waals surface area contributed by atoms with E-state index >= 15 is 0 Å². The van der Waals surface area contributed by atoms with Crippen molar-refractivity contribution in [3.05, 3.63) is 0 Å². The molecule has 0 bridgehead atoms. The molecule has 1 aliphatic heterocycles. The van der Waals surface area contributed by atoms with Gasteiger partial charge >= 0.3 is 0 Å². The molecule has 0 amide bonds. The number of rotatable bonds is 5. The lowest BCUT2D eigenvalue weighted by molar-refractivity contribution is 0.232. The quantitative estimate of drug-likeness (QED) is 0.638. The first-order valence-corrected chi connectivity index (χ1v) is 7.45. The molecule has 6 heteroatoms. The Morgan fingerprint density at radius 2 is 1.94 bits per heavy atom. The second-order valence-electron chi connectivity index (χ2n) is 5.28. The molecule has 0 radical (unpaired) electrons. The summed E-state index contributed by atoms with van der Waals surface area (Å²) in [5.41, 5.74) is 0.101. The lowest BCUT2D eigenvalue weighted by atomic mass is 9.81. The van der Waals surface area contributed by atoms with Crippen LogP contribution in [0, 0.1) is 5.41 Å². The molecule has 0 aromatic heterocycles. The normalized spacial score (nSPS) is 25.6. The van der Waals surface area contributed by atoms with Crippen molar-refractivity contribution in [2.24, 2.45) is 5.41 Å². The zero-order valence-corrected chi connectivity index (χ0v) is 10.6. The van der Waals surface area contributed by atoms with Crippen molar-refractivity contribution in [3.8, 4) is 0 Å². The van der Waals surface area contributed by atoms with Gasteiger partial charge in [-0.2, -0.15) is 13.1 Å². The molecule has 0 aromatic rings. The maximum absolute atomic E-state index is 11.6. The minimum atomic E-state index is -3.28. The molecule has 0 atom stereocenters. The summed E-state index contributed by atoms with van der Waals surface area (Å²) < 4.78 is 28.6. The van der Waals surface area contributed by atoms with E-state index in [4.69, 9.17) is 0 Å². The molecule has 0 aromatic carbocycles. The standard InChI is InChI=1S/C10H21N3O2S/c1-10(4-6-11-7-5-10)8-12-16(14,15)13-9-2-3-9/h9,11-13H,2-8H2,1H3. The molecule has 1 saturated carbocycles. The zero-order valence-electron chi connectivity index (χ0n) is 9.75. The molecule has 2 rings (SSSR count). The third-order valence-corrected chi connectivity index (χ3v) is 4.57. The molecular weight excluding hydrogens is 226 g/mol. The first kappa shape index (κ1) is 12.3. The number of piperidine rings is 1. The molecule has 94 valence electrons. The van der Waals surface area contributed by atoms with Crippen molar-refractivity contribution in [1.29, 1.82) is 0 Å². The largest absolute Gasteiger partial charge is 0.317 e. The van der Waals surface area contributed by atoms with Gasteiger partial charge in [0.15, 0.2) is 0 Å². The first-order chi connectivity index (χ1) is 7.49. The Kier molecular flexibility index (Phi) is 3.53. The Labute approximate surface area is 97.6 Å². The average molecular weight is 247 g/mol. The van der Waals surface area contributed by atoms with Crippen LogP contribution in [0.2, 0.25) is 0 Å². The summed E-state index contributed by atoms with van der Waals surface area (Å²) in [5, 5.41) is 3.29. The van der Waals surface area contributed by atoms with Crippen LogP contribution < -0.4 is 14.8 Å². The van der Waals surface area contributed by atoms with Crippen molar-refractivity contribution in [2.75, 3.05) is 19.6 Å². The van der Waals surface area contributed by atoms with Gasteiger partial charge in [0.2, 0.25) is 0 Å². The Morgan fingerprint density at radius 3 is 2.50 bits per heavy atom. The van der Waals surface area contributed by atoms with Gasteiger partial charge in [0.25, 0.3) is 10.2 Å². The Hall–Kier alpha value is -0.170. The predicted molar refractivity (Wildman–Crippen MR) is 63.3 cm³/mol. The summed E-state index contributed by atoms with van der Waals surface area (Å²) in [6, 6.07) is 0.179. The van der Waals surface area contributed by atoms with E-state index in [-0.39, 0.29) is 11.5 Å². The molecule has 1 heterocycles. The van der Waals surface area contributed by atoms with Crippen molar-refractivity contribution >= 4 is 10.2 Å². The zero-order chi connectivity index (χ0) is 11.6. The van der Waals surface area contributed by atoms with Gasteiger partial charge in [0.1, 0.15) is 0 Å². The van der Waals surface area contributed by atoms with Crippen LogP contribution in [0.15, 0.2) is 0 Å². The van der Waals surface area contributed by atoms with Crippen molar-refractivity contribution in [2.45, 2.75) is 38.6 Å². The predicted octanol–water partition coefficient (Wildman–Crippen LogP) is -0.0375. The summed E-state index contributed by atoms with van der Waals surface area (Å²) in [4.78, 5) is 0. The van der Waals surface area contributed by atoms with E-state index in [1.165, 1.54) is 0 Å². The van der Waals surface area contributed by atoms with Crippen molar-refractivity contribution in [1.82, 2.24) is 14.8 Å². The van der Waals surface area contributed by atoms with Gasteiger partial charge in [0.05, 0.1) is 0 Å². The fourth-order valence-electron chi connectivity index (χ4n) is 1.94. The van der Waals surface area contributed by atoms with Crippen LogP contribution >= 0.6 is 0 Å². The monoisotopic (exact) mass is 247 g/mol. The first-order valence-electron chi connectivity index (χ1n) is 5.97. The minimum absolute atomic E-state index is 0.101. The lowest BCUT2D eigenvalue weighted by Gasteiger charge is -2.34. The summed E-state index contributed by atoms with van der Waals surface area (Å²) in [6.07, 6.45) is 4.00. The van der Waals surface area contributed by atoms with E-state index in [2.05, 4.69) is 21.7 Å². The summed E-state index contributed by atoms with van der Waals surface area (Å²) in [7, 11) is -3.28. The van der Waals surface area contributed by atoms with Crippen molar-refractivity contribution in [3.63, 3.8) is 0 Å². The van der Waals surface area contributed by atoms with Gasteiger partial charge in [-0.1, -0.05) is 6.92 Å². The Balaban J connectivity index is 1.80. The number of hydrogen-bond acceptors (Lipinski definition) is 3. The highest BCUT2D eigenvalue weighted by Crippen LogP contribution is 2.27. The SMILES string of the molecule is CC1(CNS(=O)(=O)NC2CC2)CCNCC1. The molecule has 1 saturated heterocycles. The molecule has 5 nitrogen and oxygen atoms in total. The van der Waals surface area contributed by atoms with Gasteiger partial charge < -0.3 is 5.32 Å². The van der Waals surface area contributed by atoms with Gasteiger partial charge in [-0.3, -0.25) is 0 Å². The van der Waals surface area contributed by atoms with Crippen LogP contribution in [0.3, 0.4) is 0 Å². The topological polar surface area (TPSA) is 70.2 Å². The molecule has 2 aliphatic rings. The molecule has 2 fully saturated rings. The number of nitrogens with one attached hydrogen (secondary N) is 3. The van der Waals surface area contributed by atoms with Gasteiger partial charge in [-0.05, 0) is 44.2 Å². The van der Waals surface area contributed by atoms with Crippen LogP contribution in [-0.2, 0) is 10.2 Å². The van der Waals surface area contributed by atoms with Crippen LogP contribution in [0.25, 0.3) is 0 Å². The fraction of sp³-hybridized carbons (Fsp3) is 1.00. The van der Waals surface area contributed by atoms with Crippen LogP contribution in [-0.4, -0.2) is 34.1 Å². The van der Waals surface area contributed by atoms with Gasteiger partial charge in [-0.15, -0.1) is 0 Å². The summed E-state index contributed by atoms with van der Waals surface area (Å²) >= 11 is 0. The highest BCUT2D eigenvalue weighted by atomic mass is 32.2.